The van der Waals surface area contributed by atoms with Crippen LogP contribution in [0.4, 0.5) is 0 Å². The largest absolute Gasteiger partial charge is 0.472 e. The van der Waals surface area contributed by atoms with E-state index in [0.29, 0.717) is 19.3 Å². The maximum absolute atomic E-state index is 12.9. The quantitative estimate of drug-likeness (QED) is 0.0197. The van der Waals surface area contributed by atoms with E-state index in [1.807, 2.05) is 0 Å². The summed E-state index contributed by atoms with van der Waals surface area (Å²) in [6.45, 7) is 4.31. The normalized spacial score (nSPS) is 14.2. The van der Waals surface area contributed by atoms with Crippen LogP contribution in [0.3, 0.4) is 0 Å². The van der Waals surface area contributed by atoms with Crippen molar-refractivity contribution in [3.8, 4) is 0 Å². The Hall–Kier alpha value is -3.60. The summed E-state index contributed by atoms with van der Waals surface area (Å²) in [7, 11) is -4.76. The molecular formula is C58H97O11P. The van der Waals surface area contributed by atoms with E-state index < -0.39 is 57.8 Å². The predicted octanol–water partition coefficient (Wildman–Crippen LogP) is 15.7. The molecule has 3 atom stereocenters. The summed E-state index contributed by atoms with van der Waals surface area (Å²) in [5.41, 5.74) is 0. The van der Waals surface area contributed by atoms with Gasteiger partial charge in [-0.1, -0.05) is 195 Å². The summed E-state index contributed by atoms with van der Waals surface area (Å²) in [5, 5.41) is 9.78. The number of aliphatic hydroxyl groups excluding tert-OH is 1. The number of hydrogen-bond donors (Lipinski definition) is 2. The van der Waals surface area contributed by atoms with Crippen molar-refractivity contribution < 1.29 is 52.2 Å². The maximum Gasteiger partial charge on any atom is 0.472 e. The molecule has 70 heavy (non-hydrogen) atoms. The molecule has 0 aromatic carbocycles. The Bertz CT molecular complexity index is 1540. The van der Waals surface area contributed by atoms with Gasteiger partial charge in [-0.3, -0.25) is 23.4 Å². The summed E-state index contributed by atoms with van der Waals surface area (Å²) in [5.74, 6) is -1.55. The number of phosphoric acid groups is 1. The van der Waals surface area contributed by atoms with Crippen molar-refractivity contribution in [1.82, 2.24) is 0 Å². The minimum absolute atomic E-state index is 0.106. The molecule has 0 spiro atoms. The number of rotatable bonds is 49. The Kier molecular flexibility index (Phi) is 49.1. The fourth-order valence-corrected chi connectivity index (χ4v) is 7.71. The lowest BCUT2D eigenvalue weighted by Gasteiger charge is -2.21. The molecule has 0 saturated heterocycles. The molecule has 0 aliphatic rings. The zero-order valence-electron chi connectivity index (χ0n) is 43.9. The highest BCUT2D eigenvalue weighted by atomic mass is 31.2. The lowest BCUT2D eigenvalue weighted by atomic mass is 10.1. The highest BCUT2D eigenvalue weighted by Gasteiger charge is 2.28. The van der Waals surface area contributed by atoms with Crippen LogP contribution in [0.5, 0.6) is 0 Å². The van der Waals surface area contributed by atoms with Crippen molar-refractivity contribution >= 4 is 25.7 Å². The Morgan fingerprint density at radius 3 is 1.17 bits per heavy atom. The number of allylic oxidation sites excluding steroid dienone is 16. The van der Waals surface area contributed by atoms with Gasteiger partial charge in [0.05, 0.1) is 19.8 Å². The molecule has 0 fully saturated rings. The van der Waals surface area contributed by atoms with Crippen LogP contribution in [-0.2, 0) is 42.2 Å². The number of carbonyl (C=O) groups excluding carboxylic acids is 3. The van der Waals surface area contributed by atoms with Crippen LogP contribution in [0, 0.1) is 0 Å². The number of unbranched alkanes of at least 4 members (excludes halogenated alkanes) is 16. The first-order chi connectivity index (χ1) is 34.2. The molecule has 3 unspecified atom stereocenters. The first kappa shape index (κ1) is 66.4. The summed E-state index contributed by atoms with van der Waals surface area (Å²) < 4.78 is 39.3. The fraction of sp³-hybridized carbons (Fsp3) is 0.672. The van der Waals surface area contributed by atoms with Gasteiger partial charge < -0.3 is 24.2 Å². The van der Waals surface area contributed by atoms with Gasteiger partial charge in [-0.15, -0.1) is 0 Å². The van der Waals surface area contributed by atoms with Gasteiger partial charge in [0.25, 0.3) is 0 Å². The number of carbonyl (C=O) groups is 3. The van der Waals surface area contributed by atoms with E-state index in [9.17, 15) is 28.9 Å². The first-order valence-electron chi connectivity index (χ1n) is 27.1. The van der Waals surface area contributed by atoms with E-state index in [1.54, 1.807) is 0 Å². The predicted molar refractivity (Wildman–Crippen MR) is 288 cm³/mol. The van der Waals surface area contributed by atoms with Crippen LogP contribution in [-0.4, -0.2) is 66.5 Å². The molecule has 0 rings (SSSR count). The average molecular weight is 1000 g/mol. The first-order valence-corrected chi connectivity index (χ1v) is 28.6. The molecule has 0 aromatic heterocycles. The van der Waals surface area contributed by atoms with Crippen molar-refractivity contribution in [2.75, 3.05) is 26.4 Å². The van der Waals surface area contributed by atoms with Crippen LogP contribution < -0.4 is 0 Å². The summed E-state index contributed by atoms with van der Waals surface area (Å²) in [4.78, 5) is 48.4. The Morgan fingerprint density at radius 2 is 0.743 bits per heavy atom. The molecule has 0 aromatic rings. The van der Waals surface area contributed by atoms with Gasteiger partial charge in [0.1, 0.15) is 12.7 Å². The molecule has 400 valence electrons. The van der Waals surface area contributed by atoms with Crippen LogP contribution in [0.2, 0.25) is 0 Å². The number of hydrogen-bond acceptors (Lipinski definition) is 10. The molecule has 0 aliphatic heterocycles. The summed E-state index contributed by atoms with van der Waals surface area (Å²) in [6, 6.07) is 0. The van der Waals surface area contributed by atoms with E-state index in [1.165, 1.54) is 44.9 Å². The second-order valence-electron chi connectivity index (χ2n) is 17.6. The molecular weight excluding hydrogens is 904 g/mol. The second kappa shape index (κ2) is 51.7. The van der Waals surface area contributed by atoms with Crippen molar-refractivity contribution in [2.45, 2.75) is 226 Å². The van der Waals surface area contributed by atoms with E-state index in [-0.39, 0.29) is 25.9 Å². The lowest BCUT2D eigenvalue weighted by Crippen LogP contribution is -2.30. The zero-order valence-corrected chi connectivity index (χ0v) is 44.8. The highest BCUT2D eigenvalue weighted by molar-refractivity contribution is 7.47. The second-order valence-corrected chi connectivity index (χ2v) is 19.1. The van der Waals surface area contributed by atoms with E-state index in [4.69, 9.17) is 23.3 Å². The summed E-state index contributed by atoms with van der Waals surface area (Å²) >= 11 is 0. The third kappa shape index (κ3) is 49.4. The van der Waals surface area contributed by atoms with Crippen molar-refractivity contribution in [3.63, 3.8) is 0 Å². The number of phosphoric ester groups is 1. The smallest absolute Gasteiger partial charge is 0.462 e. The lowest BCUT2D eigenvalue weighted by molar-refractivity contribution is -0.161. The van der Waals surface area contributed by atoms with Crippen molar-refractivity contribution in [1.29, 1.82) is 0 Å². The molecule has 0 heterocycles. The van der Waals surface area contributed by atoms with Gasteiger partial charge in [0.2, 0.25) is 0 Å². The molecule has 0 saturated carbocycles. The topological polar surface area (TPSA) is 155 Å². The van der Waals surface area contributed by atoms with Crippen molar-refractivity contribution in [2.24, 2.45) is 0 Å². The van der Waals surface area contributed by atoms with Gasteiger partial charge in [-0.05, 0) is 96.3 Å². The van der Waals surface area contributed by atoms with Crippen LogP contribution in [0.1, 0.15) is 213 Å². The molecule has 0 amide bonds. The fourth-order valence-electron chi connectivity index (χ4n) is 6.93. The van der Waals surface area contributed by atoms with Gasteiger partial charge in [0, 0.05) is 19.3 Å². The zero-order chi connectivity index (χ0) is 51.3. The van der Waals surface area contributed by atoms with E-state index in [2.05, 4.69) is 118 Å². The Morgan fingerprint density at radius 1 is 0.414 bits per heavy atom. The molecule has 0 bridgehead atoms. The minimum atomic E-state index is -4.76. The third-order valence-corrected chi connectivity index (χ3v) is 12.0. The van der Waals surface area contributed by atoms with Gasteiger partial charge in [0.15, 0.2) is 6.10 Å². The van der Waals surface area contributed by atoms with Crippen LogP contribution >= 0.6 is 7.82 Å². The molecule has 0 aliphatic carbocycles. The maximum atomic E-state index is 12.9. The van der Waals surface area contributed by atoms with Crippen LogP contribution in [0.15, 0.2) is 97.2 Å². The molecule has 12 heteroatoms. The van der Waals surface area contributed by atoms with Crippen molar-refractivity contribution in [3.05, 3.63) is 97.2 Å². The van der Waals surface area contributed by atoms with Gasteiger partial charge in [-0.25, -0.2) is 4.57 Å². The number of esters is 3. The Balaban J connectivity index is 4.85. The number of aliphatic hydroxyl groups is 1. The van der Waals surface area contributed by atoms with E-state index >= 15 is 0 Å². The standard InChI is InChI=1S/C58H97O11P/c1-4-7-10-13-16-19-22-24-26-27-29-30-33-35-38-41-44-47-56(60)65-51-55(69-58(62)49-46-43-40-37-34-31-28-25-23-20-17-14-11-8-5-2)53-67-70(63,64)66-52-54(50-59)68-57(61)48-45-42-39-36-32-21-18-15-12-9-6-3/h7-8,10-11,16-17,19-20,24-26,28-30,34,37,54-55,59H,4-6,9,12-15,18,21-23,27,31-33,35-36,38-53H2,1-3H3,(H,63,64)/b10-7-,11-8-,19-16-,20-17-,26-24-,28-25-,30-29-,37-34-. The van der Waals surface area contributed by atoms with E-state index in [0.717, 1.165) is 109 Å². The van der Waals surface area contributed by atoms with Gasteiger partial charge in [-0.2, -0.15) is 0 Å². The third-order valence-electron chi connectivity index (χ3n) is 11.0. The molecule has 11 nitrogen and oxygen atoms in total. The molecule has 2 N–H and O–H groups in total. The summed E-state index contributed by atoms with van der Waals surface area (Å²) in [6.07, 6.45) is 59.5. The average Bonchev–Trinajstić information content (AvgIpc) is 3.35. The van der Waals surface area contributed by atoms with Gasteiger partial charge >= 0.3 is 25.7 Å². The van der Waals surface area contributed by atoms with Crippen LogP contribution in [0.25, 0.3) is 0 Å². The SMILES string of the molecule is CC/C=C\C/C=C\C/C=C\C/C=C\CCCCCCC(=O)OCC(COP(=O)(O)OCC(CO)OC(=O)CCCCCCCCCCCCC)OC(=O)CCCC/C=C\C/C=C\C/C=C\C/C=C\CC. The Labute approximate surface area is 425 Å². The monoisotopic (exact) mass is 1000 g/mol. The minimum Gasteiger partial charge on any atom is -0.462 e. The molecule has 0 radical (unpaired) electrons. The highest BCUT2D eigenvalue weighted by Crippen LogP contribution is 2.43. The number of ether oxygens (including phenoxy) is 3.